The van der Waals surface area contributed by atoms with Gasteiger partial charge < -0.3 is 20.3 Å². The number of nitrogens with zero attached hydrogens (tertiary/aromatic N) is 2. The predicted octanol–water partition coefficient (Wildman–Crippen LogP) is 3.16. The van der Waals surface area contributed by atoms with Gasteiger partial charge >= 0.3 is 0 Å². The number of benzene rings is 2. The average molecular weight is 374 g/mol. The number of H-pyrrole nitrogens is 1. The highest BCUT2D eigenvalue weighted by atomic mass is 16.3. The number of hydrogen-bond donors (Lipinski definition) is 3. The Bertz CT molecular complexity index is 1060. The highest BCUT2D eigenvalue weighted by Crippen LogP contribution is 2.38. The molecule has 4 rings (SSSR count). The van der Waals surface area contributed by atoms with E-state index < -0.39 is 0 Å². The van der Waals surface area contributed by atoms with Crippen LogP contribution in [0.1, 0.15) is 27.0 Å². The maximum Gasteiger partial charge on any atom is 0.280 e. The van der Waals surface area contributed by atoms with Gasteiger partial charge in [0, 0.05) is 31.9 Å². The topological polar surface area (TPSA) is 80.7 Å². The molecule has 28 heavy (non-hydrogen) atoms. The molecular weight excluding hydrogens is 352 g/mol. The Morgan fingerprint density at radius 1 is 1.00 bits per heavy atom. The largest absolute Gasteiger partial charge is 0.494 e. The zero-order valence-electron chi connectivity index (χ0n) is 16.1. The highest BCUT2D eigenvalue weighted by Gasteiger charge is 2.33. The van der Waals surface area contributed by atoms with Crippen molar-refractivity contribution in [3.05, 3.63) is 70.8 Å². The lowest BCUT2D eigenvalue weighted by Crippen LogP contribution is -2.08. The van der Waals surface area contributed by atoms with Gasteiger partial charge in [0.25, 0.3) is 5.91 Å². The number of aromatic nitrogens is 1. The summed E-state index contributed by atoms with van der Waals surface area (Å²) in [5.74, 6) is -0.377. The number of aromatic hydroxyl groups is 1. The van der Waals surface area contributed by atoms with Gasteiger partial charge in [-0.15, -0.1) is 0 Å². The van der Waals surface area contributed by atoms with Crippen LogP contribution < -0.4 is 10.2 Å². The van der Waals surface area contributed by atoms with Gasteiger partial charge in [0.2, 0.25) is 0 Å². The molecule has 0 saturated heterocycles. The van der Waals surface area contributed by atoms with Crippen molar-refractivity contribution in [2.75, 3.05) is 26.0 Å². The number of hydrogen-bond acceptors (Lipinski definition) is 4. The minimum absolute atomic E-state index is 0.0365. The second-order valence-corrected chi connectivity index (χ2v) is 7.03. The molecule has 6 nitrogen and oxygen atoms in total. The summed E-state index contributed by atoms with van der Waals surface area (Å²) in [4.78, 5) is 21.9. The molecule has 2 heterocycles. The van der Waals surface area contributed by atoms with Crippen molar-refractivity contribution in [1.29, 1.82) is 0 Å². The van der Waals surface area contributed by atoms with Crippen molar-refractivity contribution in [2.24, 2.45) is 4.99 Å². The van der Waals surface area contributed by atoms with Gasteiger partial charge in [0.15, 0.2) is 5.88 Å². The van der Waals surface area contributed by atoms with Crippen LogP contribution in [0.15, 0.2) is 53.5 Å². The van der Waals surface area contributed by atoms with Crippen LogP contribution >= 0.6 is 0 Å². The minimum atomic E-state index is -0.340. The molecule has 0 unspecified atom stereocenters. The summed E-state index contributed by atoms with van der Waals surface area (Å²) in [6.45, 7) is 0.763. The fourth-order valence-electron chi connectivity index (χ4n) is 3.48. The number of fused-ring (bicyclic) bond motifs is 1. The fourth-order valence-corrected chi connectivity index (χ4v) is 3.48. The standard InChI is InChI=1S/C22H22N4O2/c1-23-12-13-4-6-14(7-5-13)19-17-18(22(28)24-19)20(25-21(17)27)15-8-10-16(11-9-15)26(2)3/h4-11,23,25,27H,12H2,1-3H3. The molecule has 1 amide bonds. The van der Waals surface area contributed by atoms with Crippen molar-refractivity contribution in [3.8, 4) is 17.1 Å². The fraction of sp³-hybridized carbons (Fsp3) is 0.182. The van der Waals surface area contributed by atoms with Gasteiger partial charge in [-0.05, 0) is 30.3 Å². The molecule has 0 radical (unpaired) electrons. The minimum Gasteiger partial charge on any atom is -0.494 e. The molecule has 3 N–H and O–H groups in total. The Balaban J connectivity index is 1.74. The number of aliphatic imine (C=N–C) groups is 1. The van der Waals surface area contributed by atoms with E-state index in [-0.39, 0.29) is 11.8 Å². The summed E-state index contributed by atoms with van der Waals surface area (Å²) in [5.41, 5.74) is 5.81. The van der Waals surface area contributed by atoms with E-state index in [9.17, 15) is 9.90 Å². The first-order valence-electron chi connectivity index (χ1n) is 9.09. The second kappa shape index (κ2) is 6.98. The number of rotatable bonds is 5. The van der Waals surface area contributed by atoms with Crippen molar-refractivity contribution in [3.63, 3.8) is 0 Å². The molecule has 0 atom stereocenters. The second-order valence-electron chi connectivity index (χ2n) is 7.03. The van der Waals surface area contributed by atoms with Crippen molar-refractivity contribution in [2.45, 2.75) is 6.54 Å². The molecule has 1 aliphatic heterocycles. The molecule has 142 valence electrons. The number of carbonyl (C=O) groups excluding carboxylic acids is 1. The third kappa shape index (κ3) is 2.97. The van der Waals surface area contributed by atoms with E-state index in [2.05, 4.69) is 15.3 Å². The predicted molar refractivity (Wildman–Crippen MR) is 111 cm³/mol. The van der Waals surface area contributed by atoms with Crippen LogP contribution in [0.25, 0.3) is 11.3 Å². The quantitative estimate of drug-likeness (QED) is 0.641. The molecule has 1 aliphatic rings. The molecule has 0 spiro atoms. The smallest absolute Gasteiger partial charge is 0.280 e. The Hall–Kier alpha value is -3.38. The zero-order valence-corrected chi connectivity index (χ0v) is 16.1. The van der Waals surface area contributed by atoms with Crippen LogP contribution in [-0.2, 0) is 6.54 Å². The van der Waals surface area contributed by atoms with Crippen molar-refractivity contribution in [1.82, 2.24) is 10.3 Å². The zero-order chi connectivity index (χ0) is 19.8. The summed E-state index contributed by atoms with van der Waals surface area (Å²) in [5, 5.41) is 13.6. The van der Waals surface area contributed by atoms with Gasteiger partial charge in [-0.25, -0.2) is 4.99 Å². The third-order valence-electron chi connectivity index (χ3n) is 4.92. The average Bonchev–Trinajstić information content (AvgIpc) is 3.21. The van der Waals surface area contributed by atoms with E-state index in [1.165, 1.54) is 0 Å². The van der Waals surface area contributed by atoms with Crippen LogP contribution in [0.4, 0.5) is 5.69 Å². The third-order valence-corrected chi connectivity index (χ3v) is 4.92. The Morgan fingerprint density at radius 2 is 1.64 bits per heavy atom. The summed E-state index contributed by atoms with van der Waals surface area (Å²) in [6.07, 6.45) is 0. The first-order valence-corrected chi connectivity index (χ1v) is 9.09. The van der Waals surface area contributed by atoms with E-state index in [0.29, 0.717) is 22.5 Å². The van der Waals surface area contributed by atoms with E-state index in [0.717, 1.165) is 28.9 Å². The molecule has 3 aromatic rings. The van der Waals surface area contributed by atoms with E-state index in [4.69, 9.17) is 0 Å². The monoisotopic (exact) mass is 374 g/mol. The first-order chi connectivity index (χ1) is 13.5. The molecule has 2 aromatic carbocycles. The van der Waals surface area contributed by atoms with Crippen LogP contribution in [0, 0.1) is 0 Å². The van der Waals surface area contributed by atoms with Gasteiger partial charge in [-0.1, -0.05) is 36.4 Å². The lowest BCUT2D eigenvalue weighted by molar-refractivity contribution is 0.101. The summed E-state index contributed by atoms with van der Waals surface area (Å²) in [7, 11) is 5.84. The molecular formula is C22H22N4O2. The van der Waals surface area contributed by atoms with Crippen molar-refractivity contribution >= 4 is 17.3 Å². The van der Waals surface area contributed by atoms with Crippen LogP contribution in [0.5, 0.6) is 5.88 Å². The van der Waals surface area contributed by atoms with Crippen LogP contribution in [0.2, 0.25) is 0 Å². The normalized spacial score (nSPS) is 12.8. The van der Waals surface area contributed by atoms with E-state index in [1.54, 1.807) is 0 Å². The van der Waals surface area contributed by atoms with E-state index in [1.807, 2.05) is 74.6 Å². The van der Waals surface area contributed by atoms with E-state index >= 15 is 0 Å². The number of aromatic amines is 1. The molecule has 0 bridgehead atoms. The SMILES string of the molecule is CNCc1ccc(C2=NC(=O)c3c(-c4ccc(N(C)C)cc4)[nH]c(O)c32)cc1. The number of nitrogens with one attached hydrogen (secondary N) is 2. The molecule has 0 aliphatic carbocycles. The molecule has 0 saturated carbocycles. The lowest BCUT2D eigenvalue weighted by Gasteiger charge is -2.12. The number of anilines is 1. The Labute approximate surface area is 163 Å². The number of amides is 1. The maximum atomic E-state index is 12.7. The van der Waals surface area contributed by atoms with Crippen LogP contribution in [0.3, 0.4) is 0 Å². The van der Waals surface area contributed by atoms with Gasteiger partial charge in [-0.3, -0.25) is 4.79 Å². The lowest BCUT2D eigenvalue weighted by atomic mass is 9.99. The highest BCUT2D eigenvalue weighted by molar-refractivity contribution is 6.30. The van der Waals surface area contributed by atoms with Crippen molar-refractivity contribution < 1.29 is 9.90 Å². The summed E-state index contributed by atoms with van der Waals surface area (Å²) in [6, 6.07) is 15.6. The van der Waals surface area contributed by atoms with Crippen LogP contribution in [-0.4, -0.2) is 42.9 Å². The summed E-state index contributed by atoms with van der Waals surface area (Å²) >= 11 is 0. The molecule has 0 fully saturated rings. The molecule has 6 heteroatoms. The summed E-state index contributed by atoms with van der Waals surface area (Å²) < 4.78 is 0. The number of carbonyl (C=O) groups is 1. The Morgan fingerprint density at radius 3 is 2.25 bits per heavy atom. The maximum absolute atomic E-state index is 12.7. The first kappa shape index (κ1) is 18.0. The van der Waals surface area contributed by atoms with Gasteiger partial charge in [0.1, 0.15) is 0 Å². The Kier molecular flexibility index (Phi) is 4.49. The van der Waals surface area contributed by atoms with Gasteiger partial charge in [0.05, 0.1) is 22.5 Å². The molecule has 1 aromatic heterocycles. The van der Waals surface area contributed by atoms with Gasteiger partial charge in [-0.2, -0.15) is 0 Å².